The fourth-order valence-electron chi connectivity index (χ4n) is 9.53. The molecule has 0 saturated heterocycles. The van der Waals surface area contributed by atoms with Gasteiger partial charge in [-0.15, -0.1) is 0 Å². The van der Waals surface area contributed by atoms with Crippen molar-refractivity contribution in [1.29, 1.82) is 0 Å². The number of esters is 3. The maximum absolute atomic E-state index is 12.9. The van der Waals surface area contributed by atoms with Gasteiger partial charge in [0.25, 0.3) is 0 Å². The Balaban J connectivity index is 4.34. The van der Waals surface area contributed by atoms with Gasteiger partial charge in [-0.05, 0) is 89.9 Å². The third-order valence-corrected chi connectivity index (χ3v) is 14.4. The fraction of sp³-hybridized carbons (Fsp3) is 0.786. The predicted octanol–water partition coefficient (Wildman–Crippen LogP) is 22.5. The summed E-state index contributed by atoms with van der Waals surface area (Å²) in [4.78, 5) is 38.4. The van der Waals surface area contributed by atoms with Gasteiger partial charge in [0.05, 0.1) is 0 Å². The first kappa shape index (κ1) is 72.8. The molecule has 0 N–H and O–H groups in total. The van der Waals surface area contributed by atoms with E-state index in [1.807, 2.05) is 0 Å². The lowest BCUT2D eigenvalue weighted by atomic mass is 10.0. The molecule has 0 spiro atoms. The SMILES string of the molecule is CC/C=C\C/C=C\C/C=C\C/C=C\CCCCCCC(=O)OC(COC(=O)CCCCCCCCC/C=C\C/C=C\CCCCC)COC(=O)CCCCCCCCCCCCCCCCCCCCCCCCCC. The topological polar surface area (TPSA) is 78.9 Å². The van der Waals surface area contributed by atoms with Crippen LogP contribution < -0.4 is 0 Å². The van der Waals surface area contributed by atoms with Gasteiger partial charge < -0.3 is 14.2 Å². The average molecular weight is 1060 g/mol. The van der Waals surface area contributed by atoms with Gasteiger partial charge in [-0.1, -0.05) is 299 Å². The Morgan fingerprint density at radius 1 is 0.276 bits per heavy atom. The van der Waals surface area contributed by atoms with Crippen molar-refractivity contribution in [2.24, 2.45) is 0 Å². The Labute approximate surface area is 472 Å². The van der Waals surface area contributed by atoms with Crippen molar-refractivity contribution in [2.75, 3.05) is 13.2 Å². The number of unbranched alkanes of at least 4 members (excludes halogenated alkanes) is 37. The van der Waals surface area contributed by atoms with Crippen molar-refractivity contribution in [2.45, 2.75) is 341 Å². The second-order valence-corrected chi connectivity index (χ2v) is 22.0. The molecule has 440 valence electrons. The zero-order chi connectivity index (χ0) is 55.0. The molecule has 0 rings (SSSR count). The van der Waals surface area contributed by atoms with Gasteiger partial charge in [-0.3, -0.25) is 14.4 Å². The third-order valence-electron chi connectivity index (χ3n) is 14.4. The number of ether oxygens (including phenoxy) is 3. The van der Waals surface area contributed by atoms with Crippen LogP contribution in [0.4, 0.5) is 0 Å². The van der Waals surface area contributed by atoms with Gasteiger partial charge in [0.1, 0.15) is 13.2 Å². The number of rotatable bonds is 60. The fourth-order valence-corrected chi connectivity index (χ4v) is 9.53. The summed E-state index contributed by atoms with van der Waals surface area (Å²) >= 11 is 0. The molecule has 6 heteroatoms. The highest BCUT2D eigenvalue weighted by atomic mass is 16.6. The normalized spacial score (nSPS) is 12.5. The summed E-state index contributed by atoms with van der Waals surface area (Å²) in [7, 11) is 0. The van der Waals surface area contributed by atoms with Crippen molar-refractivity contribution >= 4 is 17.9 Å². The highest BCUT2D eigenvalue weighted by molar-refractivity contribution is 5.71. The number of carbonyl (C=O) groups excluding carboxylic acids is 3. The van der Waals surface area contributed by atoms with Crippen molar-refractivity contribution in [3.8, 4) is 0 Å². The van der Waals surface area contributed by atoms with E-state index in [-0.39, 0.29) is 31.1 Å². The van der Waals surface area contributed by atoms with Crippen LogP contribution in [-0.2, 0) is 28.6 Å². The van der Waals surface area contributed by atoms with Gasteiger partial charge in [0, 0.05) is 19.3 Å². The van der Waals surface area contributed by atoms with E-state index in [9.17, 15) is 14.4 Å². The molecular formula is C70H124O6. The van der Waals surface area contributed by atoms with E-state index in [4.69, 9.17) is 14.2 Å². The van der Waals surface area contributed by atoms with E-state index in [0.717, 1.165) is 109 Å². The number of allylic oxidation sites excluding steroid dienone is 12. The second kappa shape index (κ2) is 64.4. The molecule has 0 fully saturated rings. The van der Waals surface area contributed by atoms with Crippen LogP contribution in [0.3, 0.4) is 0 Å². The quantitative estimate of drug-likeness (QED) is 0.0261. The second-order valence-electron chi connectivity index (χ2n) is 22.0. The monoisotopic (exact) mass is 1060 g/mol. The minimum absolute atomic E-state index is 0.0852. The summed E-state index contributed by atoms with van der Waals surface area (Å²) in [5.41, 5.74) is 0. The summed E-state index contributed by atoms with van der Waals surface area (Å²) < 4.78 is 16.9. The summed E-state index contributed by atoms with van der Waals surface area (Å²) in [6.45, 7) is 6.52. The first-order valence-corrected chi connectivity index (χ1v) is 32.9. The molecule has 0 radical (unpaired) electrons. The highest BCUT2D eigenvalue weighted by Crippen LogP contribution is 2.17. The molecule has 1 atom stereocenters. The lowest BCUT2D eigenvalue weighted by Gasteiger charge is -2.18. The molecule has 0 aliphatic carbocycles. The summed E-state index contributed by atoms with van der Waals surface area (Å²) in [6, 6.07) is 0. The van der Waals surface area contributed by atoms with Gasteiger partial charge >= 0.3 is 17.9 Å². The Morgan fingerprint density at radius 3 is 0.829 bits per heavy atom. The van der Waals surface area contributed by atoms with Crippen LogP contribution in [-0.4, -0.2) is 37.2 Å². The van der Waals surface area contributed by atoms with Crippen molar-refractivity contribution in [1.82, 2.24) is 0 Å². The molecule has 0 aromatic heterocycles. The van der Waals surface area contributed by atoms with Crippen molar-refractivity contribution in [3.05, 3.63) is 72.9 Å². The van der Waals surface area contributed by atoms with Crippen LogP contribution >= 0.6 is 0 Å². The predicted molar refractivity (Wildman–Crippen MR) is 330 cm³/mol. The molecule has 0 amide bonds. The third kappa shape index (κ3) is 61.7. The van der Waals surface area contributed by atoms with Crippen LogP contribution in [0, 0.1) is 0 Å². The van der Waals surface area contributed by atoms with Crippen LogP contribution in [0.15, 0.2) is 72.9 Å². The Hall–Kier alpha value is -3.15. The van der Waals surface area contributed by atoms with E-state index in [0.29, 0.717) is 19.3 Å². The van der Waals surface area contributed by atoms with Crippen molar-refractivity contribution in [3.63, 3.8) is 0 Å². The number of carbonyl (C=O) groups is 3. The summed E-state index contributed by atoms with van der Waals surface area (Å²) in [5, 5.41) is 0. The first-order valence-electron chi connectivity index (χ1n) is 32.9. The molecule has 0 aliphatic rings. The lowest BCUT2D eigenvalue weighted by molar-refractivity contribution is -0.167. The van der Waals surface area contributed by atoms with Crippen molar-refractivity contribution < 1.29 is 28.6 Å². The van der Waals surface area contributed by atoms with Gasteiger partial charge in [0.2, 0.25) is 0 Å². The standard InChI is InChI=1S/C70H124O6/c1-4-7-10-13-16-19-22-25-28-31-32-33-34-35-36-37-40-42-45-48-51-54-57-60-63-69(72)75-66-67(76-70(73)64-61-58-55-52-49-46-43-39-30-27-24-21-18-15-12-9-6-3)65-74-68(71)62-59-56-53-50-47-44-41-38-29-26-23-20-17-14-11-8-5-2/h9,12,17-18,20-21,26-27,29-30,43,46,67H,4-8,10-11,13-16,19,22-25,28,31-42,44-45,47-66H2,1-3H3/b12-9-,20-17-,21-18-,29-26-,30-27-,46-43-. The number of hydrogen-bond acceptors (Lipinski definition) is 6. The highest BCUT2D eigenvalue weighted by Gasteiger charge is 2.19. The minimum Gasteiger partial charge on any atom is -0.462 e. The maximum atomic E-state index is 12.9. The molecule has 1 unspecified atom stereocenters. The van der Waals surface area contributed by atoms with Gasteiger partial charge in [0.15, 0.2) is 6.10 Å². The largest absolute Gasteiger partial charge is 0.462 e. The lowest BCUT2D eigenvalue weighted by Crippen LogP contribution is -2.30. The Kier molecular flexibility index (Phi) is 61.7. The first-order chi connectivity index (χ1) is 37.5. The molecule has 0 aliphatic heterocycles. The zero-order valence-corrected chi connectivity index (χ0v) is 50.5. The Morgan fingerprint density at radius 2 is 0.513 bits per heavy atom. The molecule has 0 aromatic rings. The number of hydrogen-bond donors (Lipinski definition) is 0. The van der Waals surface area contributed by atoms with E-state index in [1.165, 1.54) is 186 Å². The van der Waals surface area contributed by atoms with Crippen LogP contribution in [0.2, 0.25) is 0 Å². The Bertz CT molecular complexity index is 1400. The molecular weight excluding hydrogens is 937 g/mol. The molecule has 0 heterocycles. The van der Waals surface area contributed by atoms with Gasteiger partial charge in [-0.25, -0.2) is 0 Å². The molecule has 6 nitrogen and oxygen atoms in total. The minimum atomic E-state index is -0.792. The average Bonchev–Trinajstić information content (AvgIpc) is 3.42. The van der Waals surface area contributed by atoms with Crippen LogP contribution in [0.5, 0.6) is 0 Å². The van der Waals surface area contributed by atoms with Crippen LogP contribution in [0.25, 0.3) is 0 Å². The molecule has 0 aromatic carbocycles. The van der Waals surface area contributed by atoms with E-state index in [1.54, 1.807) is 0 Å². The molecule has 76 heavy (non-hydrogen) atoms. The van der Waals surface area contributed by atoms with E-state index >= 15 is 0 Å². The zero-order valence-electron chi connectivity index (χ0n) is 50.5. The summed E-state index contributed by atoms with van der Waals surface area (Å²) in [5.74, 6) is -0.900. The van der Waals surface area contributed by atoms with E-state index < -0.39 is 6.10 Å². The van der Waals surface area contributed by atoms with Crippen LogP contribution in [0.1, 0.15) is 335 Å². The summed E-state index contributed by atoms with van der Waals surface area (Å²) in [6.07, 6.45) is 83.4. The van der Waals surface area contributed by atoms with E-state index in [2.05, 4.69) is 93.7 Å². The van der Waals surface area contributed by atoms with Gasteiger partial charge in [-0.2, -0.15) is 0 Å². The molecule has 0 bridgehead atoms. The molecule has 0 saturated carbocycles. The smallest absolute Gasteiger partial charge is 0.306 e. The maximum Gasteiger partial charge on any atom is 0.306 e.